The van der Waals surface area contributed by atoms with Gasteiger partial charge in [-0.3, -0.25) is 0 Å². The van der Waals surface area contributed by atoms with Gasteiger partial charge < -0.3 is 10.1 Å². The van der Waals surface area contributed by atoms with Gasteiger partial charge in [0.2, 0.25) is 0 Å². The lowest BCUT2D eigenvalue weighted by Gasteiger charge is -2.29. The molecule has 0 heterocycles. The van der Waals surface area contributed by atoms with Crippen molar-refractivity contribution in [2.45, 2.75) is 37.8 Å². The standard InChI is InChI=1S/C14H17FN2O/c1-18-11-7-5-10(6-8-11)17-14-4-2-3-13(15)12(14)9-16/h2-4,10-11,17H,5-8H2,1H3. The number of benzene rings is 1. The molecule has 1 aromatic rings. The molecule has 0 saturated heterocycles. The average molecular weight is 248 g/mol. The number of anilines is 1. The van der Waals surface area contributed by atoms with Gasteiger partial charge in [0.05, 0.1) is 11.8 Å². The van der Waals surface area contributed by atoms with Crippen LogP contribution >= 0.6 is 0 Å². The van der Waals surface area contributed by atoms with E-state index >= 15 is 0 Å². The Morgan fingerprint density at radius 1 is 1.33 bits per heavy atom. The summed E-state index contributed by atoms with van der Waals surface area (Å²) in [6.45, 7) is 0. The first-order valence-corrected chi connectivity index (χ1v) is 6.22. The Bertz CT molecular complexity index is 448. The molecule has 0 aromatic heterocycles. The molecule has 0 aliphatic heterocycles. The Labute approximate surface area is 107 Å². The molecule has 0 radical (unpaired) electrons. The molecular weight excluding hydrogens is 231 g/mol. The Kier molecular flexibility index (Phi) is 4.16. The first-order valence-electron chi connectivity index (χ1n) is 6.22. The lowest BCUT2D eigenvalue weighted by Crippen LogP contribution is -2.29. The largest absolute Gasteiger partial charge is 0.381 e. The van der Waals surface area contributed by atoms with Crippen molar-refractivity contribution in [3.05, 3.63) is 29.6 Å². The average Bonchev–Trinajstić information content (AvgIpc) is 2.40. The summed E-state index contributed by atoms with van der Waals surface area (Å²) in [4.78, 5) is 0. The zero-order valence-electron chi connectivity index (χ0n) is 10.4. The van der Waals surface area contributed by atoms with Crippen molar-refractivity contribution in [1.82, 2.24) is 0 Å². The fraction of sp³-hybridized carbons (Fsp3) is 0.500. The van der Waals surface area contributed by atoms with Crippen LogP contribution in [0.15, 0.2) is 18.2 Å². The van der Waals surface area contributed by atoms with Crippen LogP contribution in [0.1, 0.15) is 31.2 Å². The normalized spacial score (nSPS) is 23.4. The molecule has 0 bridgehead atoms. The van der Waals surface area contributed by atoms with Crippen molar-refractivity contribution in [3.8, 4) is 6.07 Å². The summed E-state index contributed by atoms with van der Waals surface area (Å²) < 4.78 is 18.8. The maximum absolute atomic E-state index is 13.4. The van der Waals surface area contributed by atoms with Gasteiger partial charge in [-0.1, -0.05) is 6.07 Å². The minimum absolute atomic E-state index is 0.103. The summed E-state index contributed by atoms with van der Waals surface area (Å²) in [5, 5.41) is 12.2. The van der Waals surface area contributed by atoms with Gasteiger partial charge in [0, 0.05) is 13.2 Å². The molecule has 0 unspecified atom stereocenters. The number of nitrogens with one attached hydrogen (secondary N) is 1. The van der Waals surface area contributed by atoms with Crippen molar-refractivity contribution in [3.63, 3.8) is 0 Å². The van der Waals surface area contributed by atoms with Crippen molar-refractivity contribution in [2.75, 3.05) is 12.4 Å². The maximum atomic E-state index is 13.4. The predicted octanol–water partition coefficient (Wildman–Crippen LogP) is 3.07. The predicted molar refractivity (Wildman–Crippen MR) is 67.8 cm³/mol. The maximum Gasteiger partial charge on any atom is 0.143 e. The van der Waals surface area contributed by atoms with Crippen LogP contribution in [-0.4, -0.2) is 19.3 Å². The summed E-state index contributed by atoms with van der Waals surface area (Å²) in [7, 11) is 1.73. The van der Waals surface area contributed by atoms with Crippen LogP contribution in [0, 0.1) is 17.1 Å². The highest BCUT2D eigenvalue weighted by Gasteiger charge is 2.21. The van der Waals surface area contributed by atoms with E-state index in [2.05, 4.69) is 5.32 Å². The van der Waals surface area contributed by atoms with E-state index in [1.165, 1.54) is 6.07 Å². The van der Waals surface area contributed by atoms with E-state index in [0.717, 1.165) is 25.7 Å². The number of nitriles is 1. The van der Waals surface area contributed by atoms with Gasteiger partial charge >= 0.3 is 0 Å². The van der Waals surface area contributed by atoms with Crippen LogP contribution in [0.5, 0.6) is 0 Å². The number of rotatable bonds is 3. The Morgan fingerprint density at radius 3 is 2.67 bits per heavy atom. The second kappa shape index (κ2) is 5.83. The third kappa shape index (κ3) is 2.80. The molecule has 0 spiro atoms. The Balaban J connectivity index is 2.03. The Morgan fingerprint density at radius 2 is 2.06 bits per heavy atom. The summed E-state index contributed by atoms with van der Waals surface area (Å²) in [5.74, 6) is -0.465. The molecule has 18 heavy (non-hydrogen) atoms. The van der Waals surface area contributed by atoms with Gasteiger partial charge in [0.15, 0.2) is 0 Å². The quantitative estimate of drug-likeness (QED) is 0.894. The lowest BCUT2D eigenvalue weighted by molar-refractivity contribution is 0.0682. The Hall–Kier alpha value is -1.60. The first-order chi connectivity index (χ1) is 8.74. The first kappa shape index (κ1) is 12.8. The van der Waals surface area contributed by atoms with E-state index in [1.807, 2.05) is 6.07 Å². The molecule has 0 atom stereocenters. The topological polar surface area (TPSA) is 45.0 Å². The summed E-state index contributed by atoms with van der Waals surface area (Å²) in [5.41, 5.74) is 0.699. The number of nitrogens with zero attached hydrogens (tertiary/aromatic N) is 1. The minimum atomic E-state index is -0.465. The van der Waals surface area contributed by atoms with Gasteiger partial charge in [0.1, 0.15) is 17.4 Å². The highest BCUT2D eigenvalue weighted by molar-refractivity contribution is 5.58. The highest BCUT2D eigenvalue weighted by atomic mass is 19.1. The third-order valence-electron chi connectivity index (χ3n) is 3.49. The molecular formula is C14H17FN2O. The molecule has 2 rings (SSSR count). The molecule has 4 heteroatoms. The third-order valence-corrected chi connectivity index (χ3v) is 3.49. The number of methoxy groups -OCH3 is 1. The van der Waals surface area contributed by atoms with Gasteiger partial charge in [-0.2, -0.15) is 5.26 Å². The lowest BCUT2D eigenvalue weighted by atomic mass is 9.92. The van der Waals surface area contributed by atoms with E-state index in [4.69, 9.17) is 10.00 Å². The second-order valence-corrected chi connectivity index (χ2v) is 4.63. The van der Waals surface area contributed by atoms with Crippen LogP contribution in [0.2, 0.25) is 0 Å². The van der Waals surface area contributed by atoms with Gasteiger partial charge in [0.25, 0.3) is 0 Å². The molecule has 96 valence electrons. The van der Waals surface area contributed by atoms with Crippen LogP contribution in [0.4, 0.5) is 10.1 Å². The molecule has 1 N–H and O–H groups in total. The molecule has 0 amide bonds. The molecule has 3 nitrogen and oxygen atoms in total. The van der Waals surface area contributed by atoms with Crippen LogP contribution in [-0.2, 0) is 4.74 Å². The van der Waals surface area contributed by atoms with Gasteiger partial charge in [-0.15, -0.1) is 0 Å². The van der Waals surface area contributed by atoms with Crippen LogP contribution in [0.25, 0.3) is 0 Å². The summed E-state index contributed by atoms with van der Waals surface area (Å²) in [6, 6.07) is 6.90. The zero-order chi connectivity index (χ0) is 13.0. The number of hydrogen-bond acceptors (Lipinski definition) is 3. The van der Waals surface area contributed by atoms with E-state index in [-0.39, 0.29) is 5.56 Å². The zero-order valence-corrected chi connectivity index (χ0v) is 10.4. The second-order valence-electron chi connectivity index (χ2n) is 4.63. The van der Waals surface area contributed by atoms with E-state index in [0.29, 0.717) is 17.8 Å². The molecule has 1 saturated carbocycles. The van der Waals surface area contributed by atoms with Crippen molar-refractivity contribution in [2.24, 2.45) is 0 Å². The smallest absolute Gasteiger partial charge is 0.143 e. The number of halogens is 1. The van der Waals surface area contributed by atoms with Crippen molar-refractivity contribution < 1.29 is 9.13 Å². The summed E-state index contributed by atoms with van der Waals surface area (Å²) in [6.07, 6.45) is 4.32. The molecule has 1 fully saturated rings. The van der Waals surface area contributed by atoms with Crippen molar-refractivity contribution >= 4 is 5.69 Å². The molecule has 1 aromatic carbocycles. The molecule has 1 aliphatic carbocycles. The van der Waals surface area contributed by atoms with E-state index < -0.39 is 5.82 Å². The fourth-order valence-corrected chi connectivity index (χ4v) is 2.42. The van der Waals surface area contributed by atoms with Crippen LogP contribution in [0.3, 0.4) is 0 Å². The summed E-state index contributed by atoms with van der Waals surface area (Å²) >= 11 is 0. The molecule has 1 aliphatic rings. The van der Waals surface area contributed by atoms with Gasteiger partial charge in [-0.25, -0.2) is 4.39 Å². The fourth-order valence-electron chi connectivity index (χ4n) is 2.42. The van der Waals surface area contributed by atoms with E-state index in [1.54, 1.807) is 19.2 Å². The van der Waals surface area contributed by atoms with Gasteiger partial charge in [-0.05, 0) is 37.8 Å². The van der Waals surface area contributed by atoms with Crippen molar-refractivity contribution in [1.29, 1.82) is 5.26 Å². The number of ether oxygens (including phenoxy) is 1. The SMILES string of the molecule is COC1CCC(Nc2cccc(F)c2C#N)CC1. The highest BCUT2D eigenvalue weighted by Crippen LogP contribution is 2.26. The monoisotopic (exact) mass is 248 g/mol. The van der Waals surface area contributed by atoms with E-state index in [9.17, 15) is 4.39 Å². The minimum Gasteiger partial charge on any atom is -0.381 e. The number of hydrogen-bond donors (Lipinski definition) is 1. The van der Waals surface area contributed by atoms with Crippen LogP contribution < -0.4 is 5.32 Å².